The minimum Gasteiger partial charge on any atom is -0.495 e. The molecule has 0 aliphatic carbocycles. The van der Waals surface area contributed by atoms with Crippen molar-refractivity contribution in [1.29, 1.82) is 0 Å². The topological polar surface area (TPSA) is 94.3 Å². The molecule has 0 saturated heterocycles. The van der Waals surface area contributed by atoms with Crippen LogP contribution in [0.5, 0.6) is 5.75 Å². The van der Waals surface area contributed by atoms with Crippen molar-refractivity contribution in [3.8, 4) is 5.75 Å². The third kappa shape index (κ3) is 3.54. The van der Waals surface area contributed by atoms with E-state index in [-0.39, 0.29) is 5.70 Å². The maximum Gasteiger partial charge on any atom is 0.271 e. The average Bonchev–Trinajstić information content (AvgIpc) is 2.67. The summed E-state index contributed by atoms with van der Waals surface area (Å²) in [7, 11) is 1.50. The van der Waals surface area contributed by atoms with Gasteiger partial charge in [-0.1, -0.05) is 30.3 Å². The number of ketones is 1. The maximum absolute atomic E-state index is 12.6. The number of nitrogens with one attached hydrogen (secondary N) is 1. The van der Waals surface area contributed by atoms with Gasteiger partial charge in [0.25, 0.3) is 5.91 Å². The van der Waals surface area contributed by atoms with Crippen LogP contribution >= 0.6 is 0 Å². The van der Waals surface area contributed by atoms with Crippen molar-refractivity contribution in [3.05, 3.63) is 78.3 Å². The SMILES string of the molecule is COc1c(C(=O)/C=C(\N)C(=O)Nc2cccnc2)ccc2ccccc12. The Labute approximate surface area is 150 Å². The summed E-state index contributed by atoms with van der Waals surface area (Å²) in [6, 6.07) is 14.4. The molecule has 130 valence electrons. The van der Waals surface area contributed by atoms with Gasteiger partial charge < -0.3 is 15.8 Å². The Kier molecular flexibility index (Phi) is 4.94. The highest BCUT2D eigenvalue weighted by atomic mass is 16.5. The van der Waals surface area contributed by atoms with Crippen molar-refractivity contribution in [2.45, 2.75) is 0 Å². The van der Waals surface area contributed by atoms with Crippen LogP contribution in [0.4, 0.5) is 5.69 Å². The van der Waals surface area contributed by atoms with Crippen LogP contribution in [0.2, 0.25) is 0 Å². The van der Waals surface area contributed by atoms with Crippen LogP contribution in [-0.2, 0) is 4.79 Å². The molecule has 0 aliphatic heterocycles. The molecule has 26 heavy (non-hydrogen) atoms. The lowest BCUT2D eigenvalue weighted by Crippen LogP contribution is -2.21. The third-order valence-corrected chi connectivity index (χ3v) is 3.82. The van der Waals surface area contributed by atoms with E-state index in [9.17, 15) is 9.59 Å². The van der Waals surface area contributed by atoms with Crippen LogP contribution < -0.4 is 15.8 Å². The number of methoxy groups -OCH3 is 1. The Morgan fingerprint density at radius 1 is 1.12 bits per heavy atom. The van der Waals surface area contributed by atoms with Gasteiger partial charge in [0.15, 0.2) is 5.78 Å². The highest BCUT2D eigenvalue weighted by molar-refractivity contribution is 6.14. The number of aromatic nitrogens is 1. The van der Waals surface area contributed by atoms with Gasteiger partial charge in [-0.25, -0.2) is 0 Å². The summed E-state index contributed by atoms with van der Waals surface area (Å²) in [4.78, 5) is 28.6. The molecule has 0 radical (unpaired) electrons. The molecule has 0 aliphatic rings. The van der Waals surface area contributed by atoms with Crippen molar-refractivity contribution in [1.82, 2.24) is 4.98 Å². The second-order valence-electron chi connectivity index (χ2n) is 5.53. The Hall–Kier alpha value is -3.67. The lowest BCUT2D eigenvalue weighted by atomic mass is 10.0. The number of carbonyl (C=O) groups excluding carboxylic acids is 2. The largest absolute Gasteiger partial charge is 0.495 e. The summed E-state index contributed by atoms with van der Waals surface area (Å²) in [6.07, 6.45) is 4.17. The van der Waals surface area contributed by atoms with E-state index in [4.69, 9.17) is 10.5 Å². The average molecular weight is 347 g/mol. The van der Waals surface area contributed by atoms with Crippen molar-refractivity contribution < 1.29 is 14.3 Å². The first-order valence-electron chi connectivity index (χ1n) is 7.89. The Morgan fingerprint density at radius 3 is 2.65 bits per heavy atom. The van der Waals surface area contributed by atoms with Crippen LogP contribution in [0.15, 0.2) is 72.7 Å². The minimum absolute atomic E-state index is 0.200. The number of carbonyl (C=O) groups is 2. The first-order chi connectivity index (χ1) is 12.6. The molecule has 0 spiro atoms. The Bertz CT molecular complexity index is 998. The molecule has 1 heterocycles. The number of anilines is 1. The zero-order valence-corrected chi connectivity index (χ0v) is 14.1. The van der Waals surface area contributed by atoms with E-state index < -0.39 is 11.7 Å². The number of nitrogens with two attached hydrogens (primary N) is 1. The minimum atomic E-state index is -0.578. The van der Waals surface area contributed by atoms with Crippen molar-refractivity contribution in [2.75, 3.05) is 12.4 Å². The summed E-state index contributed by atoms with van der Waals surface area (Å²) in [5.41, 5.74) is 6.40. The van der Waals surface area contributed by atoms with Crippen LogP contribution in [0.3, 0.4) is 0 Å². The number of fused-ring (bicyclic) bond motifs is 1. The van der Waals surface area contributed by atoms with E-state index in [1.807, 2.05) is 30.3 Å². The zero-order chi connectivity index (χ0) is 18.5. The fourth-order valence-corrected chi connectivity index (χ4v) is 2.58. The number of ether oxygens (including phenoxy) is 1. The molecule has 6 heteroatoms. The number of amides is 1. The third-order valence-electron chi connectivity index (χ3n) is 3.82. The zero-order valence-electron chi connectivity index (χ0n) is 14.1. The van der Waals surface area contributed by atoms with Crippen LogP contribution in [0.1, 0.15) is 10.4 Å². The number of allylic oxidation sites excluding steroid dienone is 1. The molecular weight excluding hydrogens is 330 g/mol. The number of hydrogen-bond acceptors (Lipinski definition) is 5. The molecule has 6 nitrogen and oxygen atoms in total. The van der Waals surface area contributed by atoms with Gasteiger partial charge in [-0.05, 0) is 23.6 Å². The summed E-state index contributed by atoms with van der Waals surface area (Å²) >= 11 is 0. The van der Waals surface area contributed by atoms with Gasteiger partial charge in [0.05, 0.1) is 24.6 Å². The molecule has 0 unspecified atom stereocenters. The van der Waals surface area contributed by atoms with Crippen LogP contribution in [0, 0.1) is 0 Å². The highest BCUT2D eigenvalue weighted by Crippen LogP contribution is 2.30. The Balaban J connectivity index is 1.88. The molecule has 3 aromatic rings. The van der Waals surface area contributed by atoms with E-state index in [1.54, 1.807) is 24.4 Å². The molecule has 3 N–H and O–H groups in total. The van der Waals surface area contributed by atoms with Crippen molar-refractivity contribution >= 4 is 28.2 Å². The predicted octanol–water partition coefficient (Wildman–Crippen LogP) is 2.91. The van der Waals surface area contributed by atoms with Crippen LogP contribution in [-0.4, -0.2) is 23.8 Å². The van der Waals surface area contributed by atoms with Crippen molar-refractivity contribution in [3.63, 3.8) is 0 Å². The first kappa shape index (κ1) is 17.2. The summed E-state index contributed by atoms with van der Waals surface area (Å²) in [5.74, 6) is -0.539. The van der Waals surface area contributed by atoms with Gasteiger partial charge in [-0.3, -0.25) is 14.6 Å². The molecule has 0 bridgehead atoms. The normalized spacial score (nSPS) is 11.2. The number of pyridine rings is 1. The van der Waals surface area contributed by atoms with Gasteiger partial charge in [0, 0.05) is 17.7 Å². The number of nitrogens with zero attached hydrogens (tertiary/aromatic N) is 1. The molecule has 2 aromatic carbocycles. The molecule has 1 amide bonds. The monoisotopic (exact) mass is 347 g/mol. The summed E-state index contributed by atoms with van der Waals surface area (Å²) in [5, 5.41) is 4.34. The molecule has 1 aromatic heterocycles. The maximum atomic E-state index is 12.6. The molecular formula is C20H17N3O3. The van der Waals surface area contributed by atoms with E-state index in [1.165, 1.54) is 13.3 Å². The summed E-state index contributed by atoms with van der Waals surface area (Å²) in [6.45, 7) is 0. The van der Waals surface area contributed by atoms with Gasteiger partial charge >= 0.3 is 0 Å². The smallest absolute Gasteiger partial charge is 0.271 e. The fourth-order valence-electron chi connectivity index (χ4n) is 2.58. The lowest BCUT2D eigenvalue weighted by molar-refractivity contribution is -0.112. The highest BCUT2D eigenvalue weighted by Gasteiger charge is 2.15. The second kappa shape index (κ2) is 7.48. The van der Waals surface area contributed by atoms with Gasteiger partial charge in [-0.15, -0.1) is 0 Å². The van der Waals surface area contributed by atoms with Gasteiger partial charge in [0.2, 0.25) is 0 Å². The van der Waals surface area contributed by atoms with Crippen molar-refractivity contribution in [2.24, 2.45) is 5.73 Å². The van der Waals surface area contributed by atoms with E-state index in [0.717, 1.165) is 16.8 Å². The second-order valence-corrected chi connectivity index (χ2v) is 5.53. The molecule has 3 rings (SSSR count). The lowest BCUT2D eigenvalue weighted by Gasteiger charge is -2.10. The summed E-state index contributed by atoms with van der Waals surface area (Å²) < 4.78 is 5.42. The molecule has 0 saturated carbocycles. The van der Waals surface area contributed by atoms with E-state index in [2.05, 4.69) is 10.3 Å². The van der Waals surface area contributed by atoms with E-state index >= 15 is 0 Å². The molecule has 0 fully saturated rings. The number of benzene rings is 2. The van der Waals surface area contributed by atoms with Gasteiger partial charge in [0.1, 0.15) is 11.4 Å². The predicted molar refractivity (Wildman–Crippen MR) is 100.0 cm³/mol. The quantitative estimate of drug-likeness (QED) is 0.547. The first-order valence-corrected chi connectivity index (χ1v) is 7.89. The van der Waals surface area contributed by atoms with E-state index in [0.29, 0.717) is 17.0 Å². The Morgan fingerprint density at radius 2 is 1.92 bits per heavy atom. The fraction of sp³-hybridized carbons (Fsp3) is 0.0500. The van der Waals surface area contributed by atoms with Crippen LogP contribution in [0.25, 0.3) is 10.8 Å². The van der Waals surface area contributed by atoms with Gasteiger partial charge in [-0.2, -0.15) is 0 Å². The number of rotatable bonds is 5. The number of hydrogen-bond donors (Lipinski definition) is 2. The molecule has 0 atom stereocenters. The standard InChI is InChI=1S/C20H17N3O3/c1-26-19-15-7-3-2-5-13(15)8-9-16(19)18(24)11-17(21)20(25)23-14-6-4-10-22-12-14/h2-12H,21H2,1H3,(H,23,25)/b17-11-.